The highest BCUT2D eigenvalue weighted by molar-refractivity contribution is 9.11. The van der Waals surface area contributed by atoms with E-state index in [2.05, 4.69) is 38.9 Å². The summed E-state index contributed by atoms with van der Waals surface area (Å²) in [6.07, 6.45) is 9.78. The highest BCUT2D eigenvalue weighted by Gasteiger charge is 2.46. The molecule has 20 heavy (non-hydrogen) atoms. The summed E-state index contributed by atoms with van der Waals surface area (Å²) < 4.78 is 1.11. The molecular formula is C15H21BrN4. The molecule has 3 rings (SSSR count). The van der Waals surface area contributed by atoms with E-state index >= 15 is 0 Å². The molecule has 1 aliphatic carbocycles. The summed E-state index contributed by atoms with van der Waals surface area (Å²) in [6.45, 7) is 4.11. The second-order valence-corrected chi connectivity index (χ2v) is 7.16. The lowest BCUT2D eigenvalue weighted by molar-refractivity contribution is 0.135. The van der Waals surface area contributed by atoms with Crippen molar-refractivity contribution >= 4 is 21.5 Å². The third-order valence-corrected chi connectivity index (χ3v) is 4.76. The maximum Gasteiger partial charge on any atom is 0.125 e. The van der Waals surface area contributed by atoms with Gasteiger partial charge in [0.2, 0.25) is 0 Å². The summed E-state index contributed by atoms with van der Waals surface area (Å²) >= 11 is 3.43. The van der Waals surface area contributed by atoms with E-state index in [1.54, 1.807) is 0 Å². The van der Waals surface area contributed by atoms with E-state index in [1.165, 1.54) is 24.8 Å². The summed E-state index contributed by atoms with van der Waals surface area (Å²) in [5, 5.41) is 2.01. The number of nitrogens with zero attached hydrogens (tertiary/aromatic N) is 2. The zero-order valence-electron chi connectivity index (χ0n) is 11.9. The van der Waals surface area contributed by atoms with Gasteiger partial charge in [0, 0.05) is 6.04 Å². The molecule has 108 valence electrons. The first-order chi connectivity index (χ1) is 9.56. The van der Waals surface area contributed by atoms with Crippen LogP contribution in [0.25, 0.3) is 5.57 Å². The molecule has 5 heteroatoms. The van der Waals surface area contributed by atoms with E-state index in [0.717, 1.165) is 16.0 Å². The molecule has 1 saturated heterocycles. The predicted octanol–water partition coefficient (Wildman–Crippen LogP) is 3.51. The number of piperidine rings is 1. The van der Waals surface area contributed by atoms with Crippen LogP contribution in [0.3, 0.4) is 0 Å². The van der Waals surface area contributed by atoms with Gasteiger partial charge in [0.15, 0.2) is 0 Å². The molecule has 2 aliphatic rings. The molecule has 3 atom stereocenters. The largest absolute Gasteiger partial charge is 0.341 e. The van der Waals surface area contributed by atoms with Crippen LogP contribution in [-0.4, -0.2) is 21.0 Å². The number of fused-ring (bicyclic) bond motifs is 2. The first-order valence-corrected chi connectivity index (χ1v) is 7.94. The van der Waals surface area contributed by atoms with Crippen molar-refractivity contribution in [3.8, 4) is 0 Å². The minimum Gasteiger partial charge on any atom is -0.341 e. The van der Waals surface area contributed by atoms with Gasteiger partial charge in [-0.3, -0.25) is 5.84 Å². The van der Waals surface area contributed by atoms with Crippen molar-refractivity contribution < 1.29 is 0 Å². The first kappa shape index (κ1) is 14.0. The van der Waals surface area contributed by atoms with Gasteiger partial charge in [-0.2, -0.15) is 0 Å². The Hall–Kier alpha value is -0.910. The van der Waals surface area contributed by atoms with Crippen molar-refractivity contribution in [1.82, 2.24) is 15.0 Å². The Bertz CT molecular complexity index is 554. The highest BCUT2D eigenvalue weighted by Crippen LogP contribution is 2.47. The van der Waals surface area contributed by atoms with Crippen molar-refractivity contribution in [3.05, 3.63) is 34.3 Å². The molecular weight excluding hydrogens is 316 g/mol. The molecule has 3 N–H and O–H groups in total. The van der Waals surface area contributed by atoms with E-state index < -0.39 is 0 Å². The molecule has 0 amide bonds. The van der Waals surface area contributed by atoms with E-state index in [4.69, 9.17) is 5.84 Å². The molecule has 0 radical (unpaired) electrons. The van der Waals surface area contributed by atoms with Crippen LogP contribution < -0.4 is 5.84 Å². The van der Waals surface area contributed by atoms with Crippen LogP contribution in [0.4, 0.5) is 0 Å². The maximum absolute atomic E-state index is 6.22. The van der Waals surface area contributed by atoms with Crippen molar-refractivity contribution in [2.75, 3.05) is 0 Å². The normalized spacial score (nSPS) is 31.3. The molecule has 3 unspecified atom stereocenters. The van der Waals surface area contributed by atoms with Crippen LogP contribution in [0.5, 0.6) is 0 Å². The fourth-order valence-electron chi connectivity index (χ4n) is 3.40. The summed E-state index contributed by atoms with van der Waals surface area (Å²) in [5.41, 5.74) is 2.25. The van der Waals surface area contributed by atoms with E-state index in [9.17, 15) is 0 Å². The number of hydrogen-bond donors (Lipinski definition) is 2. The minimum atomic E-state index is 0.267. The van der Waals surface area contributed by atoms with Crippen LogP contribution in [0, 0.1) is 5.92 Å². The van der Waals surface area contributed by atoms with Crippen LogP contribution >= 0.6 is 15.9 Å². The number of H-pyrrole nitrogens is 1. The molecule has 2 fully saturated rings. The highest BCUT2D eigenvalue weighted by atomic mass is 79.9. The molecule has 0 aromatic carbocycles. The number of allylic oxidation sites excluding steroid dienone is 4. The maximum atomic E-state index is 6.22. The van der Waals surface area contributed by atoms with Gasteiger partial charge in [-0.15, -0.1) is 0 Å². The number of aromatic amines is 1. The number of hydrazine groups is 1. The van der Waals surface area contributed by atoms with Crippen molar-refractivity contribution in [2.24, 2.45) is 11.8 Å². The number of rotatable bonds is 3. The van der Waals surface area contributed by atoms with Crippen LogP contribution in [0.1, 0.15) is 50.7 Å². The molecule has 1 aromatic rings. The molecule has 2 heterocycles. The van der Waals surface area contributed by atoms with Crippen LogP contribution in [0.2, 0.25) is 0 Å². The Kier molecular flexibility index (Phi) is 3.84. The monoisotopic (exact) mass is 336 g/mol. The summed E-state index contributed by atoms with van der Waals surface area (Å²) in [7, 11) is 0. The third kappa shape index (κ3) is 2.50. The fraction of sp³-hybridized carbons (Fsp3) is 0.533. The summed E-state index contributed by atoms with van der Waals surface area (Å²) in [5.74, 6) is 7.90. The predicted molar refractivity (Wildman–Crippen MR) is 84.8 cm³/mol. The Balaban J connectivity index is 1.81. The molecule has 1 saturated carbocycles. The summed E-state index contributed by atoms with van der Waals surface area (Å²) in [4.78, 5) is 8.01. The summed E-state index contributed by atoms with van der Waals surface area (Å²) in [6, 6.07) is 0.818. The van der Waals surface area contributed by atoms with E-state index in [0.29, 0.717) is 12.0 Å². The van der Waals surface area contributed by atoms with Crippen LogP contribution in [-0.2, 0) is 0 Å². The Morgan fingerprint density at radius 1 is 1.45 bits per heavy atom. The lowest BCUT2D eigenvalue weighted by atomic mass is 9.99. The smallest absolute Gasteiger partial charge is 0.125 e. The standard InChI is InChI=1S/C15H21BrN4/c1-9(3-4-10(2)16)13-8-18-15(19-13)14-11-5-6-12(7-11)20(14)17/h3-4,8,11-12,14H,5-7,17H2,1-2H3,(H,18,19). The van der Waals surface area contributed by atoms with Gasteiger partial charge < -0.3 is 4.98 Å². The fourth-order valence-corrected chi connectivity index (χ4v) is 3.53. The Labute approximate surface area is 128 Å². The van der Waals surface area contributed by atoms with Gasteiger partial charge in [0.25, 0.3) is 0 Å². The van der Waals surface area contributed by atoms with Gasteiger partial charge >= 0.3 is 0 Å². The number of imidazole rings is 1. The number of nitrogens with two attached hydrogens (primary N) is 1. The van der Waals surface area contributed by atoms with Crippen molar-refractivity contribution in [2.45, 2.75) is 45.2 Å². The van der Waals surface area contributed by atoms with Gasteiger partial charge in [-0.1, -0.05) is 28.1 Å². The third-order valence-electron chi connectivity index (χ3n) is 4.50. The zero-order chi connectivity index (χ0) is 14.3. The van der Waals surface area contributed by atoms with Gasteiger partial charge in [-0.25, -0.2) is 9.99 Å². The van der Waals surface area contributed by atoms with Crippen molar-refractivity contribution in [3.63, 3.8) is 0 Å². The quantitative estimate of drug-likeness (QED) is 0.655. The van der Waals surface area contributed by atoms with E-state index in [1.807, 2.05) is 24.2 Å². The molecule has 1 aliphatic heterocycles. The number of hydrogen-bond acceptors (Lipinski definition) is 3. The zero-order valence-corrected chi connectivity index (χ0v) is 13.5. The lowest BCUT2D eigenvalue weighted by Gasteiger charge is -2.29. The average molecular weight is 337 g/mol. The molecule has 4 nitrogen and oxygen atoms in total. The Morgan fingerprint density at radius 2 is 2.25 bits per heavy atom. The second kappa shape index (κ2) is 5.47. The minimum absolute atomic E-state index is 0.267. The SMILES string of the molecule is CC(Br)=CC=C(C)c1cnc(C2C3CCC(C3)N2N)[nH]1. The molecule has 2 bridgehead atoms. The van der Waals surface area contributed by atoms with Crippen LogP contribution in [0.15, 0.2) is 22.8 Å². The number of halogens is 1. The first-order valence-electron chi connectivity index (χ1n) is 7.15. The van der Waals surface area contributed by atoms with Gasteiger partial charge in [-0.05, 0) is 49.1 Å². The van der Waals surface area contributed by atoms with Gasteiger partial charge in [0.1, 0.15) is 5.82 Å². The number of nitrogens with one attached hydrogen (secondary N) is 1. The average Bonchev–Trinajstić information content (AvgIpc) is 3.10. The second-order valence-electron chi connectivity index (χ2n) is 5.90. The van der Waals surface area contributed by atoms with Crippen molar-refractivity contribution in [1.29, 1.82) is 0 Å². The van der Waals surface area contributed by atoms with E-state index in [-0.39, 0.29) is 6.04 Å². The lowest BCUT2D eigenvalue weighted by Crippen LogP contribution is -2.41. The Morgan fingerprint density at radius 3 is 2.90 bits per heavy atom. The topological polar surface area (TPSA) is 57.9 Å². The molecule has 1 aromatic heterocycles. The number of aromatic nitrogens is 2. The molecule has 0 spiro atoms. The van der Waals surface area contributed by atoms with Gasteiger partial charge in [0.05, 0.1) is 17.9 Å².